The Morgan fingerprint density at radius 1 is 1.17 bits per heavy atom. The summed E-state index contributed by atoms with van der Waals surface area (Å²) >= 11 is 0. The van der Waals surface area contributed by atoms with Crippen molar-refractivity contribution in [3.05, 3.63) is 83.7 Å². The number of fused-ring (bicyclic) bond motifs is 1. The lowest BCUT2D eigenvalue weighted by atomic mass is 9.99. The fourth-order valence-corrected chi connectivity index (χ4v) is 3.89. The lowest BCUT2D eigenvalue weighted by molar-refractivity contribution is -0.122. The summed E-state index contributed by atoms with van der Waals surface area (Å²) in [5, 5.41) is 2.96. The van der Waals surface area contributed by atoms with Gasteiger partial charge in [-0.2, -0.15) is 0 Å². The van der Waals surface area contributed by atoms with Crippen LogP contribution in [0.25, 0.3) is 0 Å². The van der Waals surface area contributed by atoms with E-state index in [2.05, 4.69) is 45.7 Å². The molecule has 1 N–H and O–H groups in total. The minimum Gasteiger partial charge on any atom is -0.330 e. The van der Waals surface area contributed by atoms with Gasteiger partial charge in [-0.15, -0.1) is 0 Å². The zero-order valence-electron chi connectivity index (χ0n) is 16.7. The number of nitrogens with one attached hydrogen (secondary N) is 1. The van der Waals surface area contributed by atoms with E-state index in [1.54, 1.807) is 12.1 Å². The summed E-state index contributed by atoms with van der Waals surface area (Å²) in [5.74, 6) is -0.456. The molecule has 4 rings (SSSR count). The van der Waals surface area contributed by atoms with E-state index in [1.165, 1.54) is 12.1 Å². The van der Waals surface area contributed by atoms with Crippen molar-refractivity contribution in [2.45, 2.75) is 38.9 Å². The number of hydrogen-bond acceptors (Lipinski definition) is 3. The van der Waals surface area contributed by atoms with Gasteiger partial charge in [-0.25, -0.2) is 9.37 Å². The van der Waals surface area contributed by atoms with Crippen LogP contribution in [-0.4, -0.2) is 26.9 Å². The van der Waals surface area contributed by atoms with E-state index in [4.69, 9.17) is 0 Å². The Kier molecular flexibility index (Phi) is 5.45. The van der Waals surface area contributed by atoms with Crippen LogP contribution in [0.1, 0.15) is 42.9 Å². The van der Waals surface area contributed by atoms with Crippen molar-refractivity contribution in [1.82, 2.24) is 14.5 Å². The summed E-state index contributed by atoms with van der Waals surface area (Å²) < 4.78 is 15.3. The standard InChI is InChI=1S/C23H25FN4O/c1-16(2)28-15-25-20-12-13-27(14-17-6-4-3-5-7-17)22(21(20)28)23(29)26-19-10-8-18(24)9-11-19/h3-11,15-16,22H,12-14H2,1-2H3,(H,26,29)/t22-/m1/s1. The third-order valence-electron chi connectivity index (χ3n) is 5.32. The Bertz CT molecular complexity index is 982. The molecule has 1 atom stereocenters. The van der Waals surface area contributed by atoms with Gasteiger partial charge >= 0.3 is 0 Å². The number of carbonyl (C=O) groups excluding carboxylic acids is 1. The first kappa shape index (κ1) is 19.3. The van der Waals surface area contributed by atoms with E-state index in [0.717, 1.165) is 29.9 Å². The number of anilines is 1. The minimum absolute atomic E-state index is 0.129. The van der Waals surface area contributed by atoms with E-state index in [0.29, 0.717) is 12.2 Å². The molecule has 6 heteroatoms. The Morgan fingerprint density at radius 2 is 1.90 bits per heavy atom. The number of nitrogens with zero attached hydrogens (tertiary/aromatic N) is 3. The summed E-state index contributed by atoms with van der Waals surface area (Å²) in [6, 6.07) is 15.8. The molecule has 0 saturated heterocycles. The molecule has 2 aromatic carbocycles. The van der Waals surface area contributed by atoms with Crippen molar-refractivity contribution in [2.24, 2.45) is 0 Å². The number of rotatable bonds is 5. The third kappa shape index (κ3) is 4.07. The van der Waals surface area contributed by atoms with Crippen molar-refractivity contribution in [2.75, 3.05) is 11.9 Å². The lowest BCUT2D eigenvalue weighted by Gasteiger charge is -2.36. The first-order valence-electron chi connectivity index (χ1n) is 9.93. The summed E-state index contributed by atoms with van der Waals surface area (Å²) in [6.45, 7) is 5.60. The van der Waals surface area contributed by atoms with Crippen molar-refractivity contribution >= 4 is 11.6 Å². The molecular weight excluding hydrogens is 367 g/mol. The molecule has 29 heavy (non-hydrogen) atoms. The van der Waals surface area contributed by atoms with Crippen molar-refractivity contribution in [1.29, 1.82) is 0 Å². The highest BCUT2D eigenvalue weighted by molar-refractivity contribution is 5.95. The maximum atomic E-state index is 13.4. The Labute approximate surface area is 170 Å². The summed E-state index contributed by atoms with van der Waals surface area (Å²) in [5.41, 5.74) is 3.66. The Balaban J connectivity index is 1.68. The fourth-order valence-electron chi connectivity index (χ4n) is 3.89. The van der Waals surface area contributed by atoms with Gasteiger partial charge in [-0.05, 0) is 43.7 Å². The number of halogens is 1. The molecule has 1 aromatic heterocycles. The molecule has 5 nitrogen and oxygen atoms in total. The predicted molar refractivity (Wildman–Crippen MR) is 111 cm³/mol. The van der Waals surface area contributed by atoms with Crippen LogP contribution in [0, 0.1) is 5.82 Å². The monoisotopic (exact) mass is 392 g/mol. The number of aromatic nitrogens is 2. The van der Waals surface area contributed by atoms with Gasteiger partial charge in [0.1, 0.15) is 11.9 Å². The van der Waals surface area contributed by atoms with Crippen LogP contribution in [0.2, 0.25) is 0 Å². The van der Waals surface area contributed by atoms with Gasteiger partial charge in [-0.1, -0.05) is 30.3 Å². The van der Waals surface area contributed by atoms with E-state index < -0.39 is 6.04 Å². The largest absolute Gasteiger partial charge is 0.330 e. The second kappa shape index (κ2) is 8.17. The molecule has 2 heterocycles. The molecule has 0 spiro atoms. The maximum absolute atomic E-state index is 13.4. The predicted octanol–water partition coefficient (Wildman–Crippen LogP) is 4.34. The van der Waals surface area contributed by atoms with Gasteiger partial charge in [0.25, 0.3) is 0 Å². The maximum Gasteiger partial charge on any atom is 0.247 e. The highest BCUT2D eigenvalue weighted by Gasteiger charge is 2.37. The van der Waals surface area contributed by atoms with Crippen LogP contribution >= 0.6 is 0 Å². The zero-order valence-corrected chi connectivity index (χ0v) is 16.7. The van der Waals surface area contributed by atoms with Crippen LogP contribution in [0.5, 0.6) is 0 Å². The smallest absolute Gasteiger partial charge is 0.247 e. The molecule has 1 amide bonds. The van der Waals surface area contributed by atoms with Gasteiger partial charge in [0, 0.05) is 31.2 Å². The normalized spacial score (nSPS) is 16.6. The average molecular weight is 392 g/mol. The fraction of sp³-hybridized carbons (Fsp3) is 0.304. The van der Waals surface area contributed by atoms with Crippen molar-refractivity contribution in [3.8, 4) is 0 Å². The average Bonchev–Trinajstić information content (AvgIpc) is 3.14. The topological polar surface area (TPSA) is 50.2 Å². The molecule has 150 valence electrons. The highest BCUT2D eigenvalue weighted by Crippen LogP contribution is 2.33. The number of carbonyl (C=O) groups is 1. The third-order valence-corrected chi connectivity index (χ3v) is 5.32. The van der Waals surface area contributed by atoms with Gasteiger partial charge < -0.3 is 9.88 Å². The van der Waals surface area contributed by atoms with Crippen LogP contribution < -0.4 is 5.32 Å². The number of hydrogen-bond donors (Lipinski definition) is 1. The SMILES string of the molecule is CC(C)n1cnc2c1[C@H](C(=O)Nc1ccc(F)cc1)N(Cc1ccccc1)CC2. The van der Waals surface area contributed by atoms with E-state index in [-0.39, 0.29) is 17.8 Å². The van der Waals surface area contributed by atoms with Crippen LogP contribution in [-0.2, 0) is 17.8 Å². The summed E-state index contributed by atoms with van der Waals surface area (Å²) in [7, 11) is 0. The highest BCUT2D eigenvalue weighted by atomic mass is 19.1. The molecule has 0 saturated carbocycles. The Hall–Kier alpha value is -2.99. The van der Waals surface area contributed by atoms with Crippen LogP contribution in [0.15, 0.2) is 60.9 Å². The van der Waals surface area contributed by atoms with Crippen molar-refractivity contribution < 1.29 is 9.18 Å². The zero-order chi connectivity index (χ0) is 20.4. The van der Waals surface area contributed by atoms with Gasteiger partial charge in [-0.3, -0.25) is 9.69 Å². The Morgan fingerprint density at radius 3 is 2.59 bits per heavy atom. The molecule has 1 aliphatic heterocycles. The van der Waals surface area contributed by atoms with Gasteiger partial charge in [0.15, 0.2) is 0 Å². The van der Waals surface area contributed by atoms with Crippen LogP contribution in [0.4, 0.5) is 10.1 Å². The molecule has 1 aliphatic rings. The van der Waals surface area contributed by atoms with E-state index >= 15 is 0 Å². The minimum atomic E-state index is -0.464. The molecule has 0 unspecified atom stereocenters. The lowest BCUT2D eigenvalue weighted by Crippen LogP contribution is -2.42. The second-order valence-electron chi connectivity index (χ2n) is 7.68. The van der Waals surface area contributed by atoms with Gasteiger partial charge in [0.2, 0.25) is 5.91 Å². The number of imidazole rings is 1. The van der Waals surface area contributed by atoms with E-state index in [9.17, 15) is 9.18 Å². The van der Waals surface area contributed by atoms with Gasteiger partial charge in [0.05, 0.1) is 17.7 Å². The molecule has 0 aliphatic carbocycles. The van der Waals surface area contributed by atoms with Crippen molar-refractivity contribution in [3.63, 3.8) is 0 Å². The number of benzene rings is 2. The molecule has 0 bridgehead atoms. The quantitative estimate of drug-likeness (QED) is 0.703. The first-order chi connectivity index (χ1) is 14.0. The first-order valence-corrected chi connectivity index (χ1v) is 9.93. The summed E-state index contributed by atoms with van der Waals surface area (Å²) in [6.07, 6.45) is 2.64. The second-order valence-corrected chi connectivity index (χ2v) is 7.68. The molecule has 0 radical (unpaired) electrons. The molecule has 3 aromatic rings. The van der Waals surface area contributed by atoms with Crippen LogP contribution in [0.3, 0.4) is 0 Å². The molecular formula is C23H25FN4O. The number of amides is 1. The molecule has 0 fully saturated rings. The summed E-state index contributed by atoms with van der Waals surface area (Å²) in [4.78, 5) is 20.2. The van der Waals surface area contributed by atoms with E-state index in [1.807, 2.05) is 24.5 Å².